The van der Waals surface area contributed by atoms with Gasteiger partial charge in [0.1, 0.15) is 0 Å². The lowest BCUT2D eigenvalue weighted by molar-refractivity contribution is 1.18. The van der Waals surface area contributed by atoms with E-state index < -0.39 is 0 Å². The predicted octanol–water partition coefficient (Wildman–Crippen LogP) is 13.5. The highest BCUT2D eigenvalue weighted by Gasteiger charge is 2.22. The minimum Gasteiger partial charge on any atom is -0.309 e. The van der Waals surface area contributed by atoms with E-state index in [1.54, 1.807) is 0 Å². The second-order valence-electron chi connectivity index (χ2n) is 13.2. The van der Waals surface area contributed by atoms with Gasteiger partial charge in [-0.15, -0.1) is 0 Å². The SMILES string of the molecule is c1ccc(N(c2cccc(-c3cccc4c3c3ccccc3n4-c3ccccc3)c2)c2cc3ccccc3c3ccccc23)c(-c2ccccc2)c#1. The molecule has 0 saturated heterocycles. The summed E-state index contributed by atoms with van der Waals surface area (Å²) in [5.74, 6) is 0. The minimum atomic E-state index is 0.999. The fourth-order valence-electron chi connectivity index (χ4n) is 7.95. The maximum absolute atomic E-state index is 3.50. The molecule has 0 aliphatic carbocycles. The highest BCUT2D eigenvalue weighted by Crippen LogP contribution is 2.46. The molecule has 0 fully saturated rings. The quantitative estimate of drug-likeness (QED) is 0.161. The molecule has 0 aliphatic heterocycles. The number of para-hydroxylation sites is 2. The van der Waals surface area contributed by atoms with Crippen LogP contribution in [-0.4, -0.2) is 4.57 Å². The van der Waals surface area contributed by atoms with Gasteiger partial charge in [0, 0.05) is 27.5 Å². The van der Waals surface area contributed by atoms with Crippen molar-refractivity contribution in [2.75, 3.05) is 4.90 Å². The molecule has 0 amide bonds. The summed E-state index contributed by atoms with van der Waals surface area (Å²) in [6.45, 7) is 0. The normalized spacial score (nSPS) is 11.3. The topological polar surface area (TPSA) is 8.17 Å². The van der Waals surface area contributed by atoms with Crippen molar-refractivity contribution >= 4 is 60.4 Å². The fourth-order valence-corrected chi connectivity index (χ4v) is 7.95. The van der Waals surface area contributed by atoms with Gasteiger partial charge in [0.2, 0.25) is 0 Å². The molecule has 1 heterocycles. The van der Waals surface area contributed by atoms with Gasteiger partial charge in [-0.25, -0.2) is 0 Å². The first-order valence-corrected chi connectivity index (χ1v) is 17.7. The average Bonchev–Trinajstić information content (AvgIpc) is 3.57. The van der Waals surface area contributed by atoms with Crippen LogP contribution >= 0.6 is 0 Å². The Hall–Kier alpha value is -7.08. The van der Waals surface area contributed by atoms with Crippen molar-refractivity contribution in [1.82, 2.24) is 4.57 Å². The summed E-state index contributed by atoms with van der Waals surface area (Å²) in [4.78, 5) is 2.42. The minimum absolute atomic E-state index is 0.999. The standard InChI is InChI=1S/C50H32N2/c1-3-17-35(18-4-1)41-25-11-13-30-46(41)52(49-34-37-19-7-8-24-40(37)43-26-9-10-27-44(43)49)39-23-15-20-36(33-39)42-29-16-32-48-50(42)45-28-12-14-31-47(45)51(48)38-21-5-2-6-22-38/h1-10,12-24,26-34H. The summed E-state index contributed by atoms with van der Waals surface area (Å²) in [5, 5.41) is 7.33. The van der Waals surface area contributed by atoms with Gasteiger partial charge < -0.3 is 9.47 Å². The van der Waals surface area contributed by atoms with Gasteiger partial charge >= 0.3 is 0 Å². The van der Waals surface area contributed by atoms with E-state index >= 15 is 0 Å². The maximum atomic E-state index is 3.50. The first kappa shape index (κ1) is 29.8. The predicted molar refractivity (Wildman–Crippen MR) is 219 cm³/mol. The molecule has 2 heteroatoms. The molecular weight excluding hydrogens is 629 g/mol. The van der Waals surface area contributed by atoms with E-state index in [-0.39, 0.29) is 0 Å². The van der Waals surface area contributed by atoms with Gasteiger partial charge in [-0.3, -0.25) is 0 Å². The van der Waals surface area contributed by atoms with Crippen molar-refractivity contribution in [3.05, 3.63) is 206 Å². The third-order valence-corrected chi connectivity index (χ3v) is 10.2. The van der Waals surface area contributed by atoms with Crippen LogP contribution in [0.1, 0.15) is 0 Å². The first-order valence-electron chi connectivity index (χ1n) is 17.7. The van der Waals surface area contributed by atoms with Gasteiger partial charge in [0.05, 0.1) is 28.0 Å². The van der Waals surface area contributed by atoms with Gasteiger partial charge in [-0.05, 0) is 87.4 Å². The lowest BCUT2D eigenvalue weighted by Crippen LogP contribution is -2.12. The van der Waals surface area contributed by atoms with Crippen LogP contribution in [0.3, 0.4) is 0 Å². The van der Waals surface area contributed by atoms with Crippen LogP contribution < -0.4 is 4.90 Å². The second-order valence-corrected chi connectivity index (χ2v) is 13.2. The smallest absolute Gasteiger partial charge is 0.0631 e. The molecule has 1 aromatic heterocycles. The molecule has 0 aliphatic rings. The number of hydrogen-bond acceptors (Lipinski definition) is 1. The first-order chi connectivity index (χ1) is 25.8. The zero-order valence-corrected chi connectivity index (χ0v) is 28.4. The molecule has 9 aromatic carbocycles. The van der Waals surface area contributed by atoms with E-state index in [1.807, 2.05) is 6.07 Å². The number of aromatic nitrogens is 1. The van der Waals surface area contributed by atoms with Crippen LogP contribution in [0.25, 0.3) is 71.3 Å². The van der Waals surface area contributed by atoms with E-state index in [4.69, 9.17) is 0 Å². The summed E-state index contributed by atoms with van der Waals surface area (Å²) in [6.07, 6.45) is 0. The van der Waals surface area contributed by atoms with Gasteiger partial charge in [-0.2, -0.15) is 0 Å². The number of nitrogens with zero attached hydrogens (tertiary/aromatic N) is 2. The number of anilines is 3. The molecule has 2 nitrogen and oxygen atoms in total. The Morgan fingerprint density at radius 1 is 0.442 bits per heavy atom. The largest absolute Gasteiger partial charge is 0.309 e. The number of rotatable bonds is 6. The molecule has 0 atom stereocenters. The van der Waals surface area contributed by atoms with Crippen LogP contribution in [0.15, 0.2) is 194 Å². The number of benzene rings is 8. The Labute approximate surface area is 303 Å². The second kappa shape index (κ2) is 12.4. The van der Waals surface area contributed by atoms with E-state index in [1.165, 1.54) is 48.9 Å². The average molecular weight is 661 g/mol. The van der Waals surface area contributed by atoms with E-state index in [0.717, 1.165) is 39.4 Å². The van der Waals surface area contributed by atoms with Crippen molar-refractivity contribution in [1.29, 1.82) is 0 Å². The Balaban J connectivity index is 1.25. The summed E-state index contributed by atoms with van der Waals surface area (Å²) in [5.41, 5.74) is 11.2. The van der Waals surface area contributed by atoms with Gasteiger partial charge in [0.15, 0.2) is 0 Å². The Kier molecular flexibility index (Phi) is 7.08. The third-order valence-electron chi connectivity index (χ3n) is 10.2. The Morgan fingerprint density at radius 3 is 1.94 bits per heavy atom. The van der Waals surface area contributed by atoms with Crippen molar-refractivity contribution < 1.29 is 0 Å². The van der Waals surface area contributed by atoms with Gasteiger partial charge in [-0.1, -0.05) is 152 Å². The fraction of sp³-hybridized carbons (Fsp3) is 0. The highest BCUT2D eigenvalue weighted by atomic mass is 15.1. The van der Waals surface area contributed by atoms with E-state index in [0.29, 0.717) is 0 Å². The molecule has 0 N–H and O–H groups in total. The van der Waals surface area contributed by atoms with Crippen LogP contribution in [0.5, 0.6) is 0 Å². The Bertz CT molecular complexity index is 2900. The molecular formula is C50H32N2. The van der Waals surface area contributed by atoms with Crippen molar-refractivity contribution in [3.63, 3.8) is 0 Å². The molecule has 242 valence electrons. The molecule has 10 aromatic rings. The monoisotopic (exact) mass is 660 g/mol. The number of hydrogen-bond donors (Lipinski definition) is 0. The Morgan fingerprint density at radius 2 is 1.10 bits per heavy atom. The third kappa shape index (κ3) is 4.83. The highest BCUT2D eigenvalue weighted by molar-refractivity contribution is 6.17. The molecule has 0 bridgehead atoms. The lowest BCUT2D eigenvalue weighted by atomic mass is 9.96. The van der Waals surface area contributed by atoms with Gasteiger partial charge in [0.25, 0.3) is 0 Å². The van der Waals surface area contributed by atoms with Crippen molar-refractivity contribution in [2.24, 2.45) is 0 Å². The lowest BCUT2D eigenvalue weighted by Gasteiger charge is -2.29. The van der Waals surface area contributed by atoms with Crippen molar-refractivity contribution in [2.45, 2.75) is 0 Å². The van der Waals surface area contributed by atoms with Crippen LogP contribution in [-0.2, 0) is 0 Å². The molecule has 10 rings (SSSR count). The zero-order valence-electron chi connectivity index (χ0n) is 28.4. The molecule has 52 heavy (non-hydrogen) atoms. The van der Waals surface area contributed by atoms with Crippen molar-refractivity contribution in [3.8, 4) is 27.9 Å². The maximum Gasteiger partial charge on any atom is 0.0631 e. The zero-order chi connectivity index (χ0) is 34.4. The van der Waals surface area contributed by atoms with E-state index in [9.17, 15) is 0 Å². The summed E-state index contributed by atoms with van der Waals surface area (Å²) in [6, 6.07) is 76.3. The molecule has 0 unspecified atom stereocenters. The number of fused-ring (bicyclic) bond motifs is 6. The summed E-state index contributed by atoms with van der Waals surface area (Å²) in [7, 11) is 0. The molecule has 0 saturated carbocycles. The molecule has 0 spiro atoms. The summed E-state index contributed by atoms with van der Waals surface area (Å²) < 4.78 is 2.38. The molecule has 0 radical (unpaired) electrons. The van der Waals surface area contributed by atoms with E-state index in [2.05, 4.69) is 210 Å². The van der Waals surface area contributed by atoms with Crippen LogP contribution in [0.2, 0.25) is 0 Å². The summed E-state index contributed by atoms with van der Waals surface area (Å²) >= 11 is 0. The van der Waals surface area contributed by atoms with Crippen LogP contribution in [0.4, 0.5) is 17.1 Å². The van der Waals surface area contributed by atoms with Crippen LogP contribution in [0, 0.1) is 12.1 Å².